The number of hydrogen-bond donors (Lipinski definition) is 1. The molecule has 0 radical (unpaired) electrons. The predicted octanol–water partition coefficient (Wildman–Crippen LogP) is 3.48. The highest BCUT2D eigenvalue weighted by atomic mass is 16.4. The zero-order valence-electron chi connectivity index (χ0n) is 10.8. The Labute approximate surface area is 103 Å². The minimum Gasteiger partial charge on any atom is -0.481 e. The van der Waals surface area contributed by atoms with Gasteiger partial charge in [-0.3, -0.25) is 4.79 Å². The number of carbonyl (C=O) groups is 1. The van der Waals surface area contributed by atoms with Crippen molar-refractivity contribution in [3.63, 3.8) is 0 Å². The van der Waals surface area contributed by atoms with Crippen molar-refractivity contribution >= 4 is 5.97 Å². The van der Waals surface area contributed by atoms with Crippen molar-refractivity contribution in [3.05, 3.63) is 12.2 Å². The normalized spacial score (nSPS) is 46.9. The fourth-order valence-corrected chi connectivity index (χ4v) is 5.39. The minimum absolute atomic E-state index is 0.0927. The first kappa shape index (κ1) is 11.3. The van der Waals surface area contributed by atoms with Gasteiger partial charge in [0, 0.05) is 0 Å². The number of aliphatic carboxylic acids is 1. The lowest BCUT2D eigenvalue weighted by Crippen LogP contribution is -2.45. The zero-order valence-corrected chi connectivity index (χ0v) is 10.8. The van der Waals surface area contributed by atoms with Crippen LogP contribution in [0.1, 0.15) is 46.0 Å². The van der Waals surface area contributed by atoms with Gasteiger partial charge in [-0.05, 0) is 54.8 Å². The molecule has 0 aromatic carbocycles. The maximum atomic E-state index is 11.5. The van der Waals surface area contributed by atoms with E-state index in [1.165, 1.54) is 12.0 Å². The van der Waals surface area contributed by atoms with Gasteiger partial charge < -0.3 is 5.11 Å². The first-order valence-electron chi connectivity index (χ1n) is 6.81. The fraction of sp³-hybridized carbons (Fsp3) is 0.800. The van der Waals surface area contributed by atoms with Crippen molar-refractivity contribution < 1.29 is 9.90 Å². The molecule has 2 nitrogen and oxygen atoms in total. The minimum atomic E-state index is -0.559. The quantitative estimate of drug-likeness (QED) is 0.705. The van der Waals surface area contributed by atoms with E-state index in [1.54, 1.807) is 0 Å². The number of allylic oxidation sites excluding steroid dienone is 1. The van der Waals surface area contributed by atoms with Crippen molar-refractivity contribution in [1.82, 2.24) is 0 Å². The van der Waals surface area contributed by atoms with Crippen molar-refractivity contribution in [1.29, 1.82) is 0 Å². The zero-order chi connectivity index (χ0) is 12.4. The Bertz CT molecular complexity index is 396. The molecule has 1 spiro atoms. The van der Waals surface area contributed by atoms with Gasteiger partial charge in [-0.25, -0.2) is 0 Å². The third-order valence-electron chi connectivity index (χ3n) is 6.21. The molecule has 1 N–H and O–H groups in total. The Morgan fingerprint density at radius 3 is 2.71 bits per heavy atom. The van der Waals surface area contributed by atoms with E-state index in [4.69, 9.17) is 0 Å². The van der Waals surface area contributed by atoms with Crippen molar-refractivity contribution in [2.75, 3.05) is 0 Å². The summed E-state index contributed by atoms with van der Waals surface area (Å²) in [5, 5.41) is 9.48. The van der Waals surface area contributed by atoms with Gasteiger partial charge in [-0.15, -0.1) is 0 Å². The fourth-order valence-electron chi connectivity index (χ4n) is 5.39. The summed E-state index contributed by atoms with van der Waals surface area (Å²) in [6.45, 7) is 8.90. The molecule has 2 heteroatoms. The summed E-state index contributed by atoms with van der Waals surface area (Å²) in [6.07, 6.45) is 5.33. The van der Waals surface area contributed by atoms with Crippen LogP contribution >= 0.6 is 0 Å². The van der Waals surface area contributed by atoms with Crippen LogP contribution in [0.15, 0.2) is 12.2 Å². The molecule has 0 saturated heterocycles. The Kier molecular flexibility index (Phi) is 2.10. The van der Waals surface area contributed by atoms with E-state index < -0.39 is 5.97 Å². The monoisotopic (exact) mass is 234 g/mol. The van der Waals surface area contributed by atoms with Gasteiger partial charge >= 0.3 is 5.97 Å². The van der Waals surface area contributed by atoms with Crippen LogP contribution in [0.5, 0.6) is 0 Å². The third kappa shape index (κ3) is 1.19. The molecule has 0 aromatic heterocycles. The standard InChI is InChI=1S/C15H22O2/c1-9-10-6-7-15(8-10)11(13(16)17)4-5-12(15)14(9,2)3/h10-12H,1,4-8H2,2-3H3,(H,16,17)/t10-,11+,12-,15+/m1/s1. The Morgan fingerprint density at radius 2 is 2.06 bits per heavy atom. The summed E-state index contributed by atoms with van der Waals surface area (Å²) in [7, 11) is 0. The van der Waals surface area contributed by atoms with Gasteiger partial charge in [-0.2, -0.15) is 0 Å². The summed E-state index contributed by atoms with van der Waals surface area (Å²) < 4.78 is 0. The Morgan fingerprint density at radius 1 is 1.35 bits per heavy atom. The topological polar surface area (TPSA) is 37.3 Å². The molecule has 0 amide bonds. The van der Waals surface area contributed by atoms with Crippen LogP contribution in [-0.4, -0.2) is 11.1 Å². The van der Waals surface area contributed by atoms with Crippen LogP contribution in [0, 0.1) is 28.6 Å². The molecule has 94 valence electrons. The van der Waals surface area contributed by atoms with E-state index in [-0.39, 0.29) is 16.7 Å². The van der Waals surface area contributed by atoms with E-state index in [2.05, 4.69) is 20.4 Å². The van der Waals surface area contributed by atoms with E-state index in [1.807, 2.05) is 0 Å². The van der Waals surface area contributed by atoms with Crippen LogP contribution in [-0.2, 0) is 4.79 Å². The van der Waals surface area contributed by atoms with Gasteiger partial charge in [0.25, 0.3) is 0 Å². The van der Waals surface area contributed by atoms with Crippen LogP contribution in [0.4, 0.5) is 0 Å². The molecule has 3 aliphatic rings. The summed E-state index contributed by atoms with van der Waals surface area (Å²) in [4.78, 5) is 11.5. The number of rotatable bonds is 1. The second-order valence-electron chi connectivity index (χ2n) is 6.94. The molecule has 17 heavy (non-hydrogen) atoms. The first-order chi connectivity index (χ1) is 7.89. The van der Waals surface area contributed by atoms with Crippen LogP contribution in [0.25, 0.3) is 0 Å². The second-order valence-corrected chi connectivity index (χ2v) is 6.94. The number of hydrogen-bond acceptors (Lipinski definition) is 1. The third-order valence-corrected chi connectivity index (χ3v) is 6.21. The molecule has 4 atom stereocenters. The average Bonchev–Trinajstić information content (AvgIpc) is 2.81. The van der Waals surface area contributed by atoms with Crippen LogP contribution in [0.3, 0.4) is 0 Å². The first-order valence-corrected chi connectivity index (χ1v) is 6.81. The summed E-state index contributed by atoms with van der Waals surface area (Å²) >= 11 is 0. The van der Waals surface area contributed by atoms with Gasteiger partial charge in [0.1, 0.15) is 0 Å². The van der Waals surface area contributed by atoms with E-state index >= 15 is 0 Å². The summed E-state index contributed by atoms with van der Waals surface area (Å²) in [6, 6.07) is 0. The molecular weight excluding hydrogens is 212 g/mol. The Hall–Kier alpha value is -0.790. The second kappa shape index (κ2) is 3.15. The van der Waals surface area contributed by atoms with Crippen LogP contribution in [0.2, 0.25) is 0 Å². The largest absolute Gasteiger partial charge is 0.481 e. The van der Waals surface area contributed by atoms with Crippen LogP contribution < -0.4 is 0 Å². The summed E-state index contributed by atoms with van der Waals surface area (Å²) in [5.41, 5.74) is 1.63. The summed E-state index contributed by atoms with van der Waals surface area (Å²) in [5.74, 6) is 0.477. The highest BCUT2D eigenvalue weighted by Crippen LogP contribution is 2.70. The van der Waals surface area contributed by atoms with Gasteiger partial charge in [-0.1, -0.05) is 26.0 Å². The van der Waals surface area contributed by atoms with Gasteiger partial charge in [0.15, 0.2) is 0 Å². The van der Waals surface area contributed by atoms with Crippen molar-refractivity contribution in [3.8, 4) is 0 Å². The molecular formula is C15H22O2. The number of carboxylic acid groups (broad SMARTS) is 1. The molecule has 0 aromatic rings. The van der Waals surface area contributed by atoms with E-state index in [9.17, 15) is 9.90 Å². The molecule has 0 heterocycles. The lowest BCUT2D eigenvalue weighted by molar-refractivity contribution is -0.147. The molecule has 2 bridgehead atoms. The van der Waals surface area contributed by atoms with Crippen molar-refractivity contribution in [2.24, 2.45) is 28.6 Å². The smallest absolute Gasteiger partial charge is 0.307 e. The van der Waals surface area contributed by atoms with E-state index in [0.29, 0.717) is 11.8 Å². The molecule has 0 aliphatic heterocycles. The molecule has 3 saturated carbocycles. The Balaban J connectivity index is 2.07. The SMILES string of the molecule is C=C1[C@@H]2CC[C@@]3(C2)[C@H](CC[C@H]3C(=O)O)C1(C)C. The lowest BCUT2D eigenvalue weighted by atomic mass is 9.54. The van der Waals surface area contributed by atoms with Crippen molar-refractivity contribution in [2.45, 2.75) is 46.0 Å². The molecule has 0 unspecified atom stereocenters. The highest BCUT2D eigenvalue weighted by Gasteiger charge is 2.64. The average molecular weight is 234 g/mol. The molecule has 3 aliphatic carbocycles. The lowest BCUT2D eigenvalue weighted by Gasteiger charge is -2.50. The molecule has 3 fully saturated rings. The number of carboxylic acids is 1. The maximum absolute atomic E-state index is 11.5. The number of fused-ring (bicyclic) bond motifs is 1. The predicted molar refractivity (Wildman–Crippen MR) is 66.5 cm³/mol. The maximum Gasteiger partial charge on any atom is 0.307 e. The van der Waals surface area contributed by atoms with Gasteiger partial charge in [0.2, 0.25) is 0 Å². The highest BCUT2D eigenvalue weighted by molar-refractivity contribution is 5.72. The van der Waals surface area contributed by atoms with E-state index in [0.717, 1.165) is 25.7 Å². The van der Waals surface area contributed by atoms with Gasteiger partial charge in [0.05, 0.1) is 5.92 Å². The molecule has 3 rings (SSSR count).